The molecule has 23 heavy (non-hydrogen) atoms. The number of carbonyl (C=O) groups excluding carboxylic acids is 2. The van der Waals surface area contributed by atoms with Crippen molar-refractivity contribution in [2.45, 2.75) is 26.4 Å². The van der Waals surface area contributed by atoms with Crippen molar-refractivity contribution in [3.63, 3.8) is 0 Å². The van der Waals surface area contributed by atoms with E-state index in [1.54, 1.807) is 24.3 Å². The van der Waals surface area contributed by atoms with E-state index in [1.807, 2.05) is 38.1 Å². The maximum Gasteiger partial charge on any atom is 0.265 e. The number of aryl methyl sites for hydroxylation is 1. The van der Waals surface area contributed by atoms with E-state index in [2.05, 4.69) is 5.32 Å². The Kier molecular flexibility index (Phi) is 5.36. The van der Waals surface area contributed by atoms with E-state index in [0.29, 0.717) is 23.4 Å². The summed E-state index contributed by atoms with van der Waals surface area (Å²) >= 11 is 0. The monoisotopic (exact) mass is 312 g/mol. The highest BCUT2D eigenvalue weighted by molar-refractivity contribution is 5.97. The number of hydrogen-bond acceptors (Lipinski definition) is 3. The van der Waals surface area contributed by atoms with Gasteiger partial charge in [-0.15, -0.1) is 0 Å². The first-order chi connectivity index (χ1) is 11.0. The number of anilines is 1. The lowest BCUT2D eigenvalue weighted by Gasteiger charge is -2.17. The van der Waals surface area contributed by atoms with Crippen LogP contribution in [0.2, 0.25) is 0 Å². The largest absolute Gasteiger partial charge is 0.481 e. The normalized spacial score (nSPS) is 11.6. The lowest BCUT2D eigenvalue weighted by Crippen LogP contribution is -2.32. The number of ether oxygens (including phenoxy) is 1. The summed E-state index contributed by atoms with van der Waals surface area (Å²) in [5, 5.41) is 2.75. The fourth-order valence-electron chi connectivity index (χ4n) is 2.08. The first-order valence-corrected chi connectivity index (χ1v) is 7.43. The fraction of sp³-hybridized carbons (Fsp3) is 0.222. The topological polar surface area (TPSA) is 81.4 Å². The van der Waals surface area contributed by atoms with Crippen LogP contribution in [0, 0.1) is 6.92 Å². The summed E-state index contributed by atoms with van der Waals surface area (Å²) in [6, 6.07) is 14.0. The van der Waals surface area contributed by atoms with Crippen molar-refractivity contribution in [2.24, 2.45) is 5.73 Å². The number of nitrogens with one attached hydrogen (secondary N) is 1. The molecule has 2 aromatic rings. The van der Waals surface area contributed by atoms with Crippen molar-refractivity contribution in [1.29, 1.82) is 0 Å². The van der Waals surface area contributed by atoms with Gasteiger partial charge in [-0.1, -0.05) is 30.7 Å². The van der Waals surface area contributed by atoms with Crippen LogP contribution in [0.4, 0.5) is 5.69 Å². The van der Waals surface area contributed by atoms with Crippen LogP contribution in [-0.4, -0.2) is 17.9 Å². The predicted octanol–water partition coefficient (Wildman–Crippen LogP) is 2.89. The fourth-order valence-corrected chi connectivity index (χ4v) is 2.08. The summed E-state index contributed by atoms with van der Waals surface area (Å²) < 4.78 is 5.73. The highest BCUT2D eigenvalue weighted by atomic mass is 16.5. The maximum absolute atomic E-state index is 12.3. The molecule has 0 spiro atoms. The summed E-state index contributed by atoms with van der Waals surface area (Å²) in [5.74, 6) is -0.165. The zero-order valence-electron chi connectivity index (χ0n) is 13.2. The molecule has 5 nitrogen and oxygen atoms in total. The summed E-state index contributed by atoms with van der Waals surface area (Å²) in [7, 11) is 0. The van der Waals surface area contributed by atoms with Crippen LogP contribution in [0.25, 0.3) is 0 Å². The van der Waals surface area contributed by atoms with Gasteiger partial charge in [0.15, 0.2) is 6.10 Å². The molecule has 0 bridgehead atoms. The second kappa shape index (κ2) is 7.45. The van der Waals surface area contributed by atoms with Crippen LogP contribution < -0.4 is 15.8 Å². The third-order valence-electron chi connectivity index (χ3n) is 3.38. The van der Waals surface area contributed by atoms with Gasteiger partial charge in [-0.05, 0) is 43.7 Å². The zero-order chi connectivity index (χ0) is 16.8. The second-order valence-electron chi connectivity index (χ2n) is 5.26. The van der Waals surface area contributed by atoms with Crippen molar-refractivity contribution in [3.05, 3.63) is 59.7 Å². The molecule has 5 heteroatoms. The predicted molar refractivity (Wildman–Crippen MR) is 89.5 cm³/mol. The Balaban J connectivity index is 2.06. The molecule has 0 aliphatic heterocycles. The maximum atomic E-state index is 12.3. The van der Waals surface area contributed by atoms with E-state index in [0.717, 1.165) is 5.56 Å². The average molecular weight is 312 g/mol. The number of primary amides is 1. The molecule has 0 heterocycles. The summed E-state index contributed by atoms with van der Waals surface area (Å²) in [6.45, 7) is 3.86. The first kappa shape index (κ1) is 16.5. The van der Waals surface area contributed by atoms with Gasteiger partial charge in [0.05, 0.1) is 0 Å². The highest BCUT2D eigenvalue weighted by Crippen LogP contribution is 2.16. The highest BCUT2D eigenvalue weighted by Gasteiger charge is 2.18. The smallest absolute Gasteiger partial charge is 0.265 e. The Morgan fingerprint density at radius 3 is 2.48 bits per heavy atom. The Labute approximate surface area is 135 Å². The first-order valence-electron chi connectivity index (χ1n) is 7.43. The van der Waals surface area contributed by atoms with Gasteiger partial charge >= 0.3 is 0 Å². The number of benzene rings is 2. The Morgan fingerprint density at radius 1 is 1.17 bits per heavy atom. The van der Waals surface area contributed by atoms with Crippen molar-refractivity contribution in [3.8, 4) is 5.75 Å². The molecule has 0 saturated carbocycles. The van der Waals surface area contributed by atoms with Gasteiger partial charge in [0.25, 0.3) is 5.91 Å². The molecule has 0 aliphatic carbocycles. The van der Waals surface area contributed by atoms with Crippen molar-refractivity contribution >= 4 is 17.5 Å². The number of nitrogens with two attached hydrogens (primary N) is 1. The summed E-state index contributed by atoms with van der Waals surface area (Å²) in [5.41, 5.74) is 7.21. The average Bonchev–Trinajstić information content (AvgIpc) is 2.54. The summed E-state index contributed by atoms with van der Waals surface area (Å²) in [6.07, 6.45) is -0.0928. The van der Waals surface area contributed by atoms with Gasteiger partial charge in [-0.25, -0.2) is 0 Å². The molecule has 0 aliphatic rings. The van der Waals surface area contributed by atoms with Crippen molar-refractivity contribution in [2.75, 3.05) is 5.32 Å². The molecular formula is C18H20N2O3. The second-order valence-corrected chi connectivity index (χ2v) is 5.26. The van der Waals surface area contributed by atoms with Crippen LogP contribution in [0.1, 0.15) is 29.3 Å². The molecule has 2 amide bonds. The molecule has 0 saturated heterocycles. The zero-order valence-corrected chi connectivity index (χ0v) is 13.2. The number of carbonyl (C=O) groups is 2. The van der Waals surface area contributed by atoms with Gasteiger partial charge in [0, 0.05) is 11.3 Å². The van der Waals surface area contributed by atoms with Gasteiger partial charge < -0.3 is 15.8 Å². The molecular weight excluding hydrogens is 292 g/mol. The Hall–Kier alpha value is -2.82. The molecule has 0 aromatic heterocycles. The third kappa shape index (κ3) is 4.57. The van der Waals surface area contributed by atoms with Gasteiger partial charge in [0.2, 0.25) is 5.91 Å². The standard InChI is InChI=1S/C18H20N2O3/c1-3-16(23-15-9-7-12(2)8-10-15)18(22)20-14-6-4-5-13(11-14)17(19)21/h4-11,16H,3H2,1-2H3,(H2,19,21)(H,20,22). The van der Waals surface area contributed by atoms with E-state index in [9.17, 15) is 9.59 Å². The molecule has 120 valence electrons. The van der Waals surface area contributed by atoms with Crippen LogP contribution in [0.5, 0.6) is 5.75 Å². The molecule has 2 aromatic carbocycles. The Bertz CT molecular complexity index is 696. The number of rotatable bonds is 6. The van der Waals surface area contributed by atoms with Crippen LogP contribution in [-0.2, 0) is 4.79 Å². The number of hydrogen-bond donors (Lipinski definition) is 2. The molecule has 1 atom stereocenters. The van der Waals surface area contributed by atoms with Crippen molar-refractivity contribution < 1.29 is 14.3 Å². The van der Waals surface area contributed by atoms with Crippen LogP contribution in [0.3, 0.4) is 0 Å². The molecule has 0 fully saturated rings. The van der Waals surface area contributed by atoms with E-state index in [1.165, 1.54) is 0 Å². The van der Waals surface area contributed by atoms with Gasteiger partial charge in [0.1, 0.15) is 5.75 Å². The van der Waals surface area contributed by atoms with E-state index >= 15 is 0 Å². The molecule has 0 radical (unpaired) electrons. The lowest BCUT2D eigenvalue weighted by atomic mass is 10.2. The summed E-state index contributed by atoms with van der Waals surface area (Å²) in [4.78, 5) is 23.5. The molecule has 1 unspecified atom stereocenters. The van der Waals surface area contributed by atoms with Crippen molar-refractivity contribution in [1.82, 2.24) is 0 Å². The van der Waals surface area contributed by atoms with Crippen LogP contribution >= 0.6 is 0 Å². The quantitative estimate of drug-likeness (QED) is 0.860. The molecule has 2 rings (SSSR count). The van der Waals surface area contributed by atoms with E-state index < -0.39 is 12.0 Å². The van der Waals surface area contributed by atoms with Gasteiger partial charge in [-0.3, -0.25) is 9.59 Å². The number of amides is 2. The minimum Gasteiger partial charge on any atom is -0.481 e. The van der Waals surface area contributed by atoms with E-state index in [4.69, 9.17) is 10.5 Å². The molecule has 3 N–H and O–H groups in total. The Morgan fingerprint density at radius 2 is 1.87 bits per heavy atom. The third-order valence-corrected chi connectivity index (χ3v) is 3.38. The van der Waals surface area contributed by atoms with Crippen LogP contribution in [0.15, 0.2) is 48.5 Å². The minimum atomic E-state index is -0.616. The minimum absolute atomic E-state index is 0.269. The van der Waals surface area contributed by atoms with E-state index in [-0.39, 0.29) is 5.91 Å². The van der Waals surface area contributed by atoms with Gasteiger partial charge in [-0.2, -0.15) is 0 Å². The SMILES string of the molecule is CCC(Oc1ccc(C)cc1)C(=O)Nc1cccc(C(N)=O)c1. The lowest BCUT2D eigenvalue weighted by molar-refractivity contribution is -0.122.